The first-order valence-corrected chi connectivity index (χ1v) is 9.67. The molecular formula is C20H16FN3O5S. The first-order chi connectivity index (χ1) is 14.3. The number of nitro benzene ring substituents is 1. The van der Waals surface area contributed by atoms with Crippen molar-refractivity contribution in [3.05, 3.63) is 80.5 Å². The molecule has 0 unspecified atom stereocenters. The molecule has 10 heteroatoms. The summed E-state index contributed by atoms with van der Waals surface area (Å²) in [6.07, 6.45) is 1.31. The summed E-state index contributed by atoms with van der Waals surface area (Å²) in [6, 6.07) is 11.4. The molecule has 30 heavy (non-hydrogen) atoms. The molecule has 0 aliphatic carbocycles. The zero-order valence-electron chi connectivity index (χ0n) is 15.5. The van der Waals surface area contributed by atoms with Gasteiger partial charge in [0.25, 0.3) is 16.8 Å². The van der Waals surface area contributed by atoms with Crippen molar-refractivity contribution < 1.29 is 23.7 Å². The van der Waals surface area contributed by atoms with Crippen LogP contribution in [0.4, 0.5) is 14.9 Å². The molecule has 1 aliphatic heterocycles. The fraction of sp³-hybridized carbons (Fsp3) is 0.150. The van der Waals surface area contributed by atoms with Crippen LogP contribution in [0, 0.1) is 15.9 Å². The highest BCUT2D eigenvalue weighted by molar-refractivity contribution is 8.18. The number of benzene rings is 2. The Morgan fingerprint density at radius 3 is 2.57 bits per heavy atom. The number of nitro groups is 1. The predicted molar refractivity (Wildman–Crippen MR) is 109 cm³/mol. The maximum atomic E-state index is 13.0. The van der Waals surface area contributed by atoms with Crippen LogP contribution >= 0.6 is 11.8 Å². The van der Waals surface area contributed by atoms with E-state index in [1.165, 1.54) is 48.5 Å². The number of hydrogen-bond donors (Lipinski definition) is 1. The molecular weight excluding hydrogens is 413 g/mol. The Morgan fingerprint density at radius 2 is 1.87 bits per heavy atom. The molecule has 2 aromatic rings. The van der Waals surface area contributed by atoms with Gasteiger partial charge in [0, 0.05) is 24.7 Å². The topological polar surface area (TPSA) is 110 Å². The fourth-order valence-electron chi connectivity index (χ4n) is 2.78. The zero-order valence-corrected chi connectivity index (χ0v) is 16.4. The standard InChI is InChI=1S/C20H16FN3O5S/c21-15-7-5-13(6-8-15)11-17-19(26)23(20(27)30-17)10-9-22-18(25)12-14-3-1-2-4-16(14)24(28)29/h1-8,11H,9-10,12H2,(H,22,25)/b17-11-. The second kappa shape index (κ2) is 9.31. The van der Waals surface area contributed by atoms with Gasteiger partial charge in [0.2, 0.25) is 5.91 Å². The maximum Gasteiger partial charge on any atom is 0.293 e. The van der Waals surface area contributed by atoms with E-state index < -0.39 is 27.8 Å². The van der Waals surface area contributed by atoms with E-state index in [4.69, 9.17) is 0 Å². The first kappa shape index (κ1) is 21.2. The number of imide groups is 1. The lowest BCUT2D eigenvalue weighted by molar-refractivity contribution is -0.385. The van der Waals surface area contributed by atoms with Gasteiger partial charge in [-0.1, -0.05) is 30.3 Å². The molecule has 3 rings (SSSR count). The highest BCUT2D eigenvalue weighted by Gasteiger charge is 2.34. The Labute approximate surface area is 174 Å². The number of rotatable bonds is 7. The van der Waals surface area contributed by atoms with Crippen molar-refractivity contribution in [3.63, 3.8) is 0 Å². The Kier molecular flexibility index (Phi) is 6.58. The van der Waals surface area contributed by atoms with Crippen LogP contribution in [-0.4, -0.2) is 40.0 Å². The minimum absolute atomic E-state index is 0.0152. The lowest BCUT2D eigenvalue weighted by Crippen LogP contribution is -2.37. The quantitative estimate of drug-likeness (QED) is 0.411. The molecule has 0 radical (unpaired) electrons. The van der Waals surface area contributed by atoms with Gasteiger partial charge in [-0.05, 0) is 35.5 Å². The molecule has 1 fully saturated rings. The van der Waals surface area contributed by atoms with Gasteiger partial charge in [0.05, 0.1) is 16.2 Å². The normalized spacial score (nSPS) is 15.0. The van der Waals surface area contributed by atoms with E-state index in [-0.39, 0.29) is 35.7 Å². The van der Waals surface area contributed by atoms with Gasteiger partial charge in [0.15, 0.2) is 0 Å². The molecule has 0 atom stereocenters. The Bertz CT molecular complexity index is 1040. The monoisotopic (exact) mass is 429 g/mol. The molecule has 3 amide bonds. The number of halogens is 1. The van der Waals surface area contributed by atoms with E-state index in [0.29, 0.717) is 5.56 Å². The lowest BCUT2D eigenvalue weighted by atomic mass is 10.1. The third-order valence-corrected chi connectivity index (χ3v) is 5.15. The van der Waals surface area contributed by atoms with Crippen LogP contribution in [0.15, 0.2) is 53.4 Å². The Hall–Kier alpha value is -3.53. The summed E-state index contributed by atoms with van der Waals surface area (Å²) < 4.78 is 13.0. The van der Waals surface area contributed by atoms with Crippen LogP contribution in [0.25, 0.3) is 6.08 Å². The summed E-state index contributed by atoms with van der Waals surface area (Å²) in [5.74, 6) is -1.36. The number of para-hydroxylation sites is 1. The van der Waals surface area contributed by atoms with Crippen molar-refractivity contribution >= 4 is 40.6 Å². The second-order valence-electron chi connectivity index (χ2n) is 6.30. The average Bonchev–Trinajstić information content (AvgIpc) is 2.97. The van der Waals surface area contributed by atoms with E-state index in [1.54, 1.807) is 6.07 Å². The van der Waals surface area contributed by atoms with Gasteiger partial charge in [0.1, 0.15) is 5.82 Å². The largest absolute Gasteiger partial charge is 0.354 e. The van der Waals surface area contributed by atoms with Gasteiger partial charge >= 0.3 is 0 Å². The number of thioether (sulfide) groups is 1. The van der Waals surface area contributed by atoms with Crippen molar-refractivity contribution in [2.24, 2.45) is 0 Å². The van der Waals surface area contributed by atoms with Crippen LogP contribution in [-0.2, 0) is 16.0 Å². The van der Waals surface area contributed by atoms with E-state index in [2.05, 4.69) is 5.32 Å². The third-order valence-electron chi connectivity index (χ3n) is 4.24. The van der Waals surface area contributed by atoms with Crippen LogP contribution < -0.4 is 5.32 Å². The summed E-state index contributed by atoms with van der Waals surface area (Å²) in [6.45, 7) is -0.0185. The first-order valence-electron chi connectivity index (χ1n) is 8.85. The van der Waals surface area contributed by atoms with Gasteiger partial charge < -0.3 is 5.32 Å². The van der Waals surface area contributed by atoms with E-state index >= 15 is 0 Å². The molecule has 1 saturated heterocycles. The lowest BCUT2D eigenvalue weighted by Gasteiger charge is -2.13. The van der Waals surface area contributed by atoms with Crippen LogP contribution in [0.5, 0.6) is 0 Å². The summed E-state index contributed by atoms with van der Waals surface area (Å²) in [7, 11) is 0. The summed E-state index contributed by atoms with van der Waals surface area (Å²) >= 11 is 0.765. The molecule has 2 aromatic carbocycles. The smallest absolute Gasteiger partial charge is 0.293 e. The SMILES string of the molecule is O=C(Cc1ccccc1[N+](=O)[O-])NCCN1C(=O)S/C(=C\c2ccc(F)cc2)C1=O. The minimum Gasteiger partial charge on any atom is -0.354 e. The summed E-state index contributed by atoms with van der Waals surface area (Å²) in [5, 5.41) is 13.1. The molecule has 8 nitrogen and oxygen atoms in total. The highest BCUT2D eigenvalue weighted by Crippen LogP contribution is 2.31. The second-order valence-corrected chi connectivity index (χ2v) is 7.29. The van der Waals surface area contributed by atoms with E-state index in [9.17, 15) is 28.9 Å². The van der Waals surface area contributed by atoms with Crippen molar-refractivity contribution in [1.82, 2.24) is 10.2 Å². The molecule has 0 spiro atoms. The van der Waals surface area contributed by atoms with Gasteiger partial charge in [-0.25, -0.2) is 4.39 Å². The molecule has 0 bridgehead atoms. The van der Waals surface area contributed by atoms with Crippen molar-refractivity contribution in [2.75, 3.05) is 13.1 Å². The number of nitrogens with zero attached hydrogens (tertiary/aromatic N) is 2. The summed E-state index contributed by atoms with van der Waals surface area (Å²) in [5.41, 5.74) is 0.706. The zero-order chi connectivity index (χ0) is 21.7. The van der Waals surface area contributed by atoms with Crippen LogP contribution in [0.3, 0.4) is 0 Å². The number of amides is 3. The third kappa shape index (κ3) is 5.09. The number of hydrogen-bond acceptors (Lipinski definition) is 6. The van der Waals surface area contributed by atoms with Crippen molar-refractivity contribution in [3.8, 4) is 0 Å². The molecule has 1 N–H and O–H groups in total. The maximum absolute atomic E-state index is 13.0. The van der Waals surface area contributed by atoms with Crippen LogP contribution in [0.2, 0.25) is 0 Å². The highest BCUT2D eigenvalue weighted by atomic mass is 32.2. The number of carbonyl (C=O) groups excluding carboxylic acids is 3. The Morgan fingerprint density at radius 1 is 1.17 bits per heavy atom. The van der Waals surface area contributed by atoms with Gasteiger partial charge in [-0.3, -0.25) is 29.4 Å². The van der Waals surface area contributed by atoms with Crippen molar-refractivity contribution in [1.29, 1.82) is 0 Å². The Balaban J connectivity index is 1.55. The number of carbonyl (C=O) groups is 3. The molecule has 154 valence electrons. The van der Waals surface area contributed by atoms with E-state index in [0.717, 1.165) is 16.7 Å². The predicted octanol–water partition coefficient (Wildman–Crippen LogP) is 3.13. The van der Waals surface area contributed by atoms with Crippen LogP contribution in [0.1, 0.15) is 11.1 Å². The fourth-order valence-corrected chi connectivity index (χ4v) is 3.65. The van der Waals surface area contributed by atoms with Crippen molar-refractivity contribution in [2.45, 2.75) is 6.42 Å². The minimum atomic E-state index is -0.559. The number of nitrogens with one attached hydrogen (secondary N) is 1. The summed E-state index contributed by atoms with van der Waals surface area (Å²) in [4.78, 5) is 48.3. The molecule has 1 heterocycles. The van der Waals surface area contributed by atoms with Gasteiger partial charge in [-0.2, -0.15) is 0 Å². The average molecular weight is 429 g/mol. The molecule has 0 saturated carbocycles. The molecule has 1 aliphatic rings. The van der Waals surface area contributed by atoms with E-state index in [1.807, 2.05) is 0 Å². The molecule has 0 aromatic heterocycles. The van der Waals surface area contributed by atoms with Gasteiger partial charge in [-0.15, -0.1) is 0 Å².